The van der Waals surface area contributed by atoms with Gasteiger partial charge < -0.3 is 10.8 Å². The molecule has 0 aliphatic heterocycles. The molecule has 14 heavy (non-hydrogen) atoms. The van der Waals surface area contributed by atoms with E-state index in [2.05, 4.69) is 13.8 Å². The normalized spacial score (nSPS) is 15.1. The molecule has 78 valence electrons. The van der Waals surface area contributed by atoms with E-state index in [-0.39, 0.29) is 6.04 Å². The van der Waals surface area contributed by atoms with Crippen LogP contribution in [0.3, 0.4) is 0 Å². The summed E-state index contributed by atoms with van der Waals surface area (Å²) in [6.45, 7) is 4.21. The molecule has 1 rings (SSSR count). The van der Waals surface area contributed by atoms with E-state index in [9.17, 15) is 0 Å². The largest absolute Gasteiger partial charge is 0.508 e. The summed E-state index contributed by atoms with van der Waals surface area (Å²) >= 11 is 0. The average molecular weight is 193 g/mol. The van der Waals surface area contributed by atoms with E-state index in [0.717, 1.165) is 12.8 Å². The lowest BCUT2D eigenvalue weighted by atomic mass is 9.91. The molecule has 3 N–H and O–H groups in total. The van der Waals surface area contributed by atoms with Crippen molar-refractivity contribution in [2.24, 2.45) is 11.7 Å². The fourth-order valence-electron chi connectivity index (χ4n) is 1.64. The fourth-order valence-corrected chi connectivity index (χ4v) is 1.64. The van der Waals surface area contributed by atoms with Crippen molar-refractivity contribution in [3.8, 4) is 5.75 Å². The summed E-state index contributed by atoms with van der Waals surface area (Å²) in [7, 11) is 0. The zero-order valence-electron chi connectivity index (χ0n) is 8.90. The second kappa shape index (κ2) is 5.01. The van der Waals surface area contributed by atoms with Crippen LogP contribution in [0, 0.1) is 5.92 Å². The van der Waals surface area contributed by atoms with Crippen LogP contribution >= 0.6 is 0 Å². The minimum absolute atomic E-state index is 0.230. The average Bonchev–Trinajstić information content (AvgIpc) is 2.16. The zero-order chi connectivity index (χ0) is 10.6. The predicted octanol–water partition coefficient (Wildman–Crippen LogP) is 2.31. The quantitative estimate of drug-likeness (QED) is 0.770. The number of hydrogen-bond donors (Lipinski definition) is 2. The lowest BCUT2D eigenvalue weighted by Gasteiger charge is -2.18. The van der Waals surface area contributed by atoms with Crippen molar-refractivity contribution in [3.63, 3.8) is 0 Å². The Morgan fingerprint density at radius 1 is 1.29 bits per heavy atom. The van der Waals surface area contributed by atoms with Crippen molar-refractivity contribution >= 4 is 0 Å². The molecule has 0 amide bonds. The number of phenolic OH excluding ortho intramolecular Hbond substituents is 1. The lowest BCUT2D eigenvalue weighted by Crippen LogP contribution is -2.27. The van der Waals surface area contributed by atoms with Gasteiger partial charge in [0.25, 0.3) is 0 Å². The Hall–Kier alpha value is -1.02. The van der Waals surface area contributed by atoms with Crippen LogP contribution in [-0.2, 0) is 6.42 Å². The Balaban J connectivity index is 2.63. The first kappa shape index (κ1) is 11.1. The Kier molecular flexibility index (Phi) is 3.96. The lowest BCUT2D eigenvalue weighted by molar-refractivity contribution is 0.427. The molecule has 1 aromatic carbocycles. The van der Waals surface area contributed by atoms with Gasteiger partial charge in [0.15, 0.2) is 0 Å². The third kappa shape index (κ3) is 3.04. The molecular weight excluding hydrogens is 174 g/mol. The number of rotatable bonds is 4. The van der Waals surface area contributed by atoms with E-state index in [1.165, 1.54) is 5.56 Å². The van der Waals surface area contributed by atoms with E-state index < -0.39 is 0 Å². The van der Waals surface area contributed by atoms with Gasteiger partial charge in [-0.25, -0.2) is 0 Å². The van der Waals surface area contributed by atoms with Crippen LogP contribution in [-0.4, -0.2) is 11.1 Å². The van der Waals surface area contributed by atoms with Gasteiger partial charge in [0.2, 0.25) is 0 Å². The van der Waals surface area contributed by atoms with E-state index >= 15 is 0 Å². The summed E-state index contributed by atoms with van der Waals surface area (Å²) in [4.78, 5) is 0. The number of nitrogens with two attached hydrogens (primary N) is 1. The van der Waals surface area contributed by atoms with Gasteiger partial charge in [-0.3, -0.25) is 0 Å². The summed E-state index contributed by atoms with van der Waals surface area (Å²) < 4.78 is 0. The van der Waals surface area contributed by atoms with Crippen LogP contribution in [0.15, 0.2) is 24.3 Å². The van der Waals surface area contributed by atoms with Gasteiger partial charge in [-0.1, -0.05) is 25.5 Å². The van der Waals surface area contributed by atoms with Crippen molar-refractivity contribution in [3.05, 3.63) is 29.8 Å². The highest BCUT2D eigenvalue weighted by Crippen LogP contribution is 2.17. The first-order valence-corrected chi connectivity index (χ1v) is 5.17. The highest BCUT2D eigenvalue weighted by molar-refractivity contribution is 5.26. The SMILES string of the molecule is CCC(Cc1ccc(O)cc1)C(C)N. The standard InChI is InChI=1S/C12H19NO/c1-3-11(9(2)13)8-10-4-6-12(14)7-5-10/h4-7,9,11,14H,3,8,13H2,1-2H3. The Morgan fingerprint density at radius 2 is 1.86 bits per heavy atom. The summed E-state index contributed by atoms with van der Waals surface area (Å²) in [5.74, 6) is 0.849. The molecule has 0 spiro atoms. The van der Waals surface area contributed by atoms with Crippen molar-refractivity contribution < 1.29 is 5.11 Å². The molecule has 2 nitrogen and oxygen atoms in total. The van der Waals surface area contributed by atoms with E-state index in [1.807, 2.05) is 12.1 Å². The van der Waals surface area contributed by atoms with Crippen LogP contribution in [0.25, 0.3) is 0 Å². The van der Waals surface area contributed by atoms with Crippen LogP contribution in [0.1, 0.15) is 25.8 Å². The molecule has 0 aromatic heterocycles. The van der Waals surface area contributed by atoms with Crippen molar-refractivity contribution in [1.82, 2.24) is 0 Å². The number of phenols is 1. The molecule has 0 radical (unpaired) electrons. The summed E-state index contributed by atoms with van der Waals surface area (Å²) in [6.07, 6.45) is 2.09. The van der Waals surface area contributed by atoms with Crippen molar-refractivity contribution in [2.45, 2.75) is 32.7 Å². The van der Waals surface area contributed by atoms with Gasteiger partial charge in [0.1, 0.15) is 5.75 Å². The van der Waals surface area contributed by atoms with E-state index in [0.29, 0.717) is 11.7 Å². The number of hydrogen-bond acceptors (Lipinski definition) is 2. The van der Waals surface area contributed by atoms with Gasteiger partial charge in [0.05, 0.1) is 0 Å². The number of aromatic hydroxyl groups is 1. The molecule has 0 saturated carbocycles. The van der Waals surface area contributed by atoms with Crippen LogP contribution in [0.5, 0.6) is 5.75 Å². The van der Waals surface area contributed by atoms with Gasteiger partial charge >= 0.3 is 0 Å². The minimum Gasteiger partial charge on any atom is -0.508 e. The first-order valence-electron chi connectivity index (χ1n) is 5.17. The molecular formula is C12H19NO. The summed E-state index contributed by atoms with van der Waals surface area (Å²) in [5, 5.41) is 9.13. The molecule has 2 heteroatoms. The van der Waals surface area contributed by atoms with Gasteiger partial charge in [-0.15, -0.1) is 0 Å². The molecule has 0 fully saturated rings. The molecule has 2 unspecified atom stereocenters. The monoisotopic (exact) mass is 193 g/mol. The first-order chi connectivity index (χ1) is 6.63. The highest BCUT2D eigenvalue weighted by atomic mass is 16.3. The fraction of sp³-hybridized carbons (Fsp3) is 0.500. The maximum absolute atomic E-state index is 9.13. The second-order valence-corrected chi connectivity index (χ2v) is 3.90. The number of benzene rings is 1. The molecule has 0 heterocycles. The second-order valence-electron chi connectivity index (χ2n) is 3.90. The predicted molar refractivity (Wildman–Crippen MR) is 59.2 cm³/mol. The van der Waals surface area contributed by atoms with Crippen LogP contribution in [0.4, 0.5) is 0 Å². The van der Waals surface area contributed by atoms with Gasteiger partial charge in [-0.2, -0.15) is 0 Å². The molecule has 0 aliphatic rings. The topological polar surface area (TPSA) is 46.2 Å². The molecule has 0 aliphatic carbocycles. The Bertz CT molecular complexity index is 266. The Morgan fingerprint density at radius 3 is 2.29 bits per heavy atom. The zero-order valence-corrected chi connectivity index (χ0v) is 8.90. The van der Waals surface area contributed by atoms with Gasteiger partial charge in [0, 0.05) is 6.04 Å². The van der Waals surface area contributed by atoms with E-state index in [4.69, 9.17) is 10.8 Å². The van der Waals surface area contributed by atoms with Crippen molar-refractivity contribution in [1.29, 1.82) is 0 Å². The van der Waals surface area contributed by atoms with Gasteiger partial charge in [-0.05, 0) is 37.0 Å². The molecule has 0 saturated heterocycles. The highest BCUT2D eigenvalue weighted by Gasteiger charge is 2.11. The maximum Gasteiger partial charge on any atom is 0.115 e. The third-order valence-electron chi connectivity index (χ3n) is 2.70. The third-order valence-corrected chi connectivity index (χ3v) is 2.70. The smallest absolute Gasteiger partial charge is 0.115 e. The van der Waals surface area contributed by atoms with Crippen LogP contribution < -0.4 is 5.73 Å². The van der Waals surface area contributed by atoms with E-state index in [1.54, 1.807) is 12.1 Å². The van der Waals surface area contributed by atoms with Crippen molar-refractivity contribution in [2.75, 3.05) is 0 Å². The summed E-state index contributed by atoms with van der Waals surface area (Å²) in [6, 6.07) is 7.60. The maximum atomic E-state index is 9.13. The molecule has 2 atom stereocenters. The minimum atomic E-state index is 0.230. The molecule has 0 bridgehead atoms. The Labute approximate surface area is 85.8 Å². The summed E-state index contributed by atoms with van der Waals surface area (Å²) in [5.41, 5.74) is 7.12. The van der Waals surface area contributed by atoms with Crippen LogP contribution in [0.2, 0.25) is 0 Å². The molecule has 1 aromatic rings.